The predicted molar refractivity (Wildman–Crippen MR) is 84.4 cm³/mol. The molecule has 0 amide bonds. The molecule has 1 aliphatic heterocycles. The molecule has 0 bridgehead atoms. The van der Waals surface area contributed by atoms with Crippen LogP contribution in [-0.2, 0) is 0 Å². The lowest BCUT2D eigenvalue weighted by Gasteiger charge is -2.30. The van der Waals surface area contributed by atoms with Gasteiger partial charge in [-0.25, -0.2) is 0 Å². The third-order valence-corrected chi connectivity index (χ3v) is 4.57. The van der Waals surface area contributed by atoms with Crippen molar-refractivity contribution in [1.29, 1.82) is 0 Å². The SMILES string of the molecule is COc1c(C)cc(C(N)CN2CCCCC2)c(C)c1C. The zero-order chi connectivity index (χ0) is 14.7. The number of ether oxygens (including phenoxy) is 1. The average Bonchev–Trinajstić information content (AvgIpc) is 2.44. The lowest BCUT2D eigenvalue weighted by Crippen LogP contribution is -2.36. The van der Waals surface area contributed by atoms with Crippen LogP contribution in [0.3, 0.4) is 0 Å². The maximum absolute atomic E-state index is 6.47. The Morgan fingerprint density at radius 2 is 1.80 bits per heavy atom. The first kappa shape index (κ1) is 15.3. The van der Waals surface area contributed by atoms with E-state index in [1.165, 1.54) is 54.6 Å². The summed E-state index contributed by atoms with van der Waals surface area (Å²) in [6.45, 7) is 9.73. The van der Waals surface area contributed by atoms with Crippen LogP contribution in [-0.4, -0.2) is 31.6 Å². The number of hydrogen-bond acceptors (Lipinski definition) is 3. The van der Waals surface area contributed by atoms with Gasteiger partial charge in [0.15, 0.2) is 0 Å². The van der Waals surface area contributed by atoms with Crippen molar-refractivity contribution < 1.29 is 4.74 Å². The molecule has 0 spiro atoms. The van der Waals surface area contributed by atoms with E-state index in [9.17, 15) is 0 Å². The van der Waals surface area contributed by atoms with Crippen molar-refractivity contribution in [2.24, 2.45) is 5.73 Å². The Morgan fingerprint density at radius 1 is 1.15 bits per heavy atom. The number of aryl methyl sites for hydroxylation is 1. The van der Waals surface area contributed by atoms with Crippen molar-refractivity contribution >= 4 is 0 Å². The van der Waals surface area contributed by atoms with Gasteiger partial charge < -0.3 is 15.4 Å². The fourth-order valence-electron chi connectivity index (χ4n) is 3.31. The summed E-state index contributed by atoms with van der Waals surface area (Å²) in [6, 6.07) is 2.30. The van der Waals surface area contributed by atoms with Crippen LogP contribution in [0.2, 0.25) is 0 Å². The molecule has 20 heavy (non-hydrogen) atoms. The van der Waals surface area contributed by atoms with Gasteiger partial charge in [0.05, 0.1) is 7.11 Å². The Morgan fingerprint density at radius 3 is 2.40 bits per heavy atom. The summed E-state index contributed by atoms with van der Waals surface area (Å²) in [4.78, 5) is 2.50. The Labute approximate surface area is 123 Å². The van der Waals surface area contributed by atoms with Crippen molar-refractivity contribution in [3.05, 3.63) is 28.3 Å². The minimum absolute atomic E-state index is 0.0939. The first-order valence-corrected chi connectivity index (χ1v) is 7.67. The number of nitrogens with two attached hydrogens (primary N) is 1. The van der Waals surface area contributed by atoms with Crippen LogP contribution in [0.25, 0.3) is 0 Å². The normalized spacial score (nSPS) is 18.1. The summed E-state index contributed by atoms with van der Waals surface area (Å²) in [5.74, 6) is 0.997. The molecule has 0 aromatic heterocycles. The Kier molecular flexibility index (Phi) is 5.06. The lowest BCUT2D eigenvalue weighted by molar-refractivity contribution is 0.216. The first-order valence-electron chi connectivity index (χ1n) is 7.67. The standard InChI is InChI=1S/C17H28N2O/c1-12-10-15(13(2)14(3)17(12)20-4)16(18)11-19-8-6-5-7-9-19/h10,16H,5-9,11,18H2,1-4H3. The van der Waals surface area contributed by atoms with Gasteiger partial charge in [0.2, 0.25) is 0 Å². The van der Waals surface area contributed by atoms with E-state index in [-0.39, 0.29) is 6.04 Å². The van der Waals surface area contributed by atoms with Crippen LogP contribution in [0, 0.1) is 20.8 Å². The Hall–Kier alpha value is -1.06. The second-order valence-corrected chi connectivity index (χ2v) is 6.03. The van der Waals surface area contributed by atoms with Crippen molar-refractivity contribution in [1.82, 2.24) is 4.90 Å². The molecule has 2 N–H and O–H groups in total. The molecular weight excluding hydrogens is 248 g/mol. The smallest absolute Gasteiger partial charge is 0.124 e. The van der Waals surface area contributed by atoms with Gasteiger partial charge in [0, 0.05) is 12.6 Å². The van der Waals surface area contributed by atoms with E-state index in [0.717, 1.165) is 12.3 Å². The molecule has 0 radical (unpaired) electrons. The van der Waals surface area contributed by atoms with Crippen LogP contribution in [0.4, 0.5) is 0 Å². The van der Waals surface area contributed by atoms with Crippen LogP contribution in [0.5, 0.6) is 5.75 Å². The number of methoxy groups -OCH3 is 1. The molecule has 1 unspecified atom stereocenters. The van der Waals surface area contributed by atoms with E-state index < -0.39 is 0 Å². The van der Waals surface area contributed by atoms with E-state index in [2.05, 4.69) is 31.7 Å². The summed E-state index contributed by atoms with van der Waals surface area (Å²) in [7, 11) is 1.74. The van der Waals surface area contributed by atoms with Crippen molar-refractivity contribution in [3.63, 3.8) is 0 Å². The second kappa shape index (κ2) is 6.59. The highest BCUT2D eigenvalue weighted by Crippen LogP contribution is 2.31. The summed E-state index contributed by atoms with van der Waals surface area (Å²) < 4.78 is 5.49. The number of hydrogen-bond donors (Lipinski definition) is 1. The van der Waals surface area contributed by atoms with Crippen LogP contribution in [0.1, 0.15) is 47.6 Å². The van der Waals surface area contributed by atoms with Crippen molar-refractivity contribution in [2.75, 3.05) is 26.7 Å². The molecule has 1 aromatic carbocycles. The van der Waals surface area contributed by atoms with Gasteiger partial charge in [0.25, 0.3) is 0 Å². The first-order chi connectivity index (χ1) is 9.54. The molecule has 3 heteroatoms. The Bertz CT molecular complexity index is 465. The number of likely N-dealkylation sites (tertiary alicyclic amines) is 1. The van der Waals surface area contributed by atoms with Crippen molar-refractivity contribution in [3.8, 4) is 5.75 Å². The summed E-state index contributed by atoms with van der Waals surface area (Å²) >= 11 is 0. The second-order valence-electron chi connectivity index (χ2n) is 6.03. The molecular formula is C17H28N2O. The van der Waals surface area contributed by atoms with Crippen LogP contribution < -0.4 is 10.5 Å². The van der Waals surface area contributed by atoms with Gasteiger partial charge in [-0.3, -0.25) is 0 Å². The molecule has 1 aromatic rings. The van der Waals surface area contributed by atoms with Gasteiger partial charge >= 0.3 is 0 Å². The van der Waals surface area contributed by atoms with Gasteiger partial charge in [-0.15, -0.1) is 0 Å². The maximum atomic E-state index is 6.47. The fraction of sp³-hybridized carbons (Fsp3) is 0.647. The van der Waals surface area contributed by atoms with Crippen LogP contribution in [0.15, 0.2) is 6.07 Å². The van der Waals surface area contributed by atoms with E-state index in [4.69, 9.17) is 10.5 Å². The molecule has 1 saturated heterocycles. The number of rotatable bonds is 4. The molecule has 2 rings (SSSR count). The van der Waals surface area contributed by atoms with Crippen LogP contribution >= 0.6 is 0 Å². The van der Waals surface area contributed by atoms with Gasteiger partial charge in [-0.05, 0) is 69.0 Å². The molecule has 1 atom stereocenters. The van der Waals surface area contributed by atoms with Crippen molar-refractivity contribution in [2.45, 2.75) is 46.1 Å². The zero-order valence-corrected chi connectivity index (χ0v) is 13.3. The van der Waals surface area contributed by atoms with Gasteiger partial charge in [0.1, 0.15) is 5.75 Å². The topological polar surface area (TPSA) is 38.5 Å². The summed E-state index contributed by atoms with van der Waals surface area (Å²) in [5.41, 5.74) is 11.4. The quantitative estimate of drug-likeness (QED) is 0.918. The minimum atomic E-state index is 0.0939. The van der Waals surface area contributed by atoms with E-state index >= 15 is 0 Å². The lowest BCUT2D eigenvalue weighted by atomic mass is 9.93. The van der Waals surface area contributed by atoms with Gasteiger partial charge in [-0.2, -0.15) is 0 Å². The maximum Gasteiger partial charge on any atom is 0.124 e. The largest absolute Gasteiger partial charge is 0.496 e. The van der Waals surface area contributed by atoms with E-state index in [1.807, 2.05) is 0 Å². The molecule has 1 aliphatic rings. The number of piperidine rings is 1. The number of nitrogens with zero attached hydrogens (tertiary/aromatic N) is 1. The molecule has 112 valence electrons. The molecule has 1 heterocycles. The summed E-state index contributed by atoms with van der Waals surface area (Å²) in [5, 5.41) is 0. The Balaban J connectivity index is 2.19. The third kappa shape index (κ3) is 3.15. The minimum Gasteiger partial charge on any atom is -0.496 e. The number of benzene rings is 1. The predicted octanol–water partition coefficient (Wildman–Crippen LogP) is 3.11. The molecule has 1 fully saturated rings. The summed E-state index contributed by atoms with van der Waals surface area (Å²) in [6.07, 6.45) is 3.99. The molecule has 3 nitrogen and oxygen atoms in total. The average molecular weight is 276 g/mol. The van der Waals surface area contributed by atoms with E-state index in [0.29, 0.717) is 0 Å². The molecule has 0 aliphatic carbocycles. The van der Waals surface area contributed by atoms with Gasteiger partial charge in [-0.1, -0.05) is 12.5 Å². The highest BCUT2D eigenvalue weighted by atomic mass is 16.5. The highest BCUT2D eigenvalue weighted by Gasteiger charge is 2.19. The fourth-order valence-corrected chi connectivity index (χ4v) is 3.31. The van der Waals surface area contributed by atoms with E-state index in [1.54, 1.807) is 7.11 Å². The highest BCUT2D eigenvalue weighted by molar-refractivity contribution is 5.50. The monoisotopic (exact) mass is 276 g/mol. The zero-order valence-electron chi connectivity index (χ0n) is 13.3. The molecule has 0 saturated carbocycles. The third-order valence-electron chi connectivity index (χ3n) is 4.57.